The summed E-state index contributed by atoms with van der Waals surface area (Å²) in [6.45, 7) is 12.7. The van der Waals surface area contributed by atoms with Gasteiger partial charge in [-0.15, -0.1) is 0 Å². The average Bonchev–Trinajstić information content (AvgIpc) is 2.35. The van der Waals surface area contributed by atoms with Crippen LogP contribution in [0.4, 0.5) is 0 Å². The van der Waals surface area contributed by atoms with E-state index >= 15 is 0 Å². The third kappa shape index (κ3) is 4.06. The van der Waals surface area contributed by atoms with E-state index in [1.54, 1.807) is 6.20 Å². The minimum absolute atomic E-state index is 0.113. The predicted octanol–water partition coefficient (Wildman–Crippen LogP) is 4.49. The van der Waals surface area contributed by atoms with Gasteiger partial charge in [-0.3, -0.25) is 9.78 Å². The molecule has 3 heteroatoms. The number of aryl methyl sites for hydroxylation is 1. The molecule has 1 aromatic heterocycles. The van der Waals surface area contributed by atoms with E-state index in [1.807, 2.05) is 18.2 Å². The third-order valence-corrected chi connectivity index (χ3v) is 3.64. The van der Waals surface area contributed by atoms with Crippen molar-refractivity contribution in [2.75, 3.05) is 0 Å². The maximum absolute atomic E-state index is 12.5. The number of aromatic nitrogens is 1. The Bertz CT molecular complexity index is 696. The Labute approximate surface area is 133 Å². The highest BCUT2D eigenvalue weighted by atomic mass is 16.2. The van der Waals surface area contributed by atoms with E-state index in [0.717, 1.165) is 17.2 Å². The van der Waals surface area contributed by atoms with Gasteiger partial charge in [-0.05, 0) is 49.6 Å². The van der Waals surface area contributed by atoms with E-state index in [0.29, 0.717) is 5.69 Å². The fourth-order valence-corrected chi connectivity index (χ4v) is 3.19. The number of benzene rings is 1. The number of fused-ring (bicyclic) bond motifs is 1. The van der Waals surface area contributed by atoms with Gasteiger partial charge in [-0.1, -0.05) is 39.0 Å². The second kappa shape index (κ2) is 5.71. The standard InChI is InChI=1S/C19H26N2O/c1-13-8-7-9-14-10-16(20-11-15(13)14)17(22)21-19(5,6)12-18(2,3)4/h7-11H,12H2,1-6H3,(H,21,22). The van der Waals surface area contributed by atoms with Gasteiger partial charge in [0.05, 0.1) is 0 Å². The molecule has 0 saturated carbocycles. The van der Waals surface area contributed by atoms with Crippen LogP contribution in [-0.4, -0.2) is 16.4 Å². The van der Waals surface area contributed by atoms with Crippen molar-refractivity contribution in [2.45, 2.75) is 53.5 Å². The summed E-state index contributed by atoms with van der Waals surface area (Å²) in [6.07, 6.45) is 2.69. The molecule has 2 aromatic rings. The second-order valence-corrected chi connectivity index (χ2v) is 7.94. The van der Waals surface area contributed by atoms with Gasteiger partial charge in [0.2, 0.25) is 0 Å². The van der Waals surface area contributed by atoms with Gasteiger partial charge in [-0.2, -0.15) is 0 Å². The van der Waals surface area contributed by atoms with Crippen LogP contribution in [0, 0.1) is 12.3 Å². The van der Waals surface area contributed by atoms with Crippen LogP contribution >= 0.6 is 0 Å². The first-order valence-electron chi connectivity index (χ1n) is 7.75. The quantitative estimate of drug-likeness (QED) is 0.907. The van der Waals surface area contributed by atoms with E-state index in [9.17, 15) is 4.79 Å². The number of rotatable bonds is 3. The van der Waals surface area contributed by atoms with Crippen molar-refractivity contribution in [3.8, 4) is 0 Å². The second-order valence-electron chi connectivity index (χ2n) is 7.94. The molecule has 0 spiro atoms. The third-order valence-electron chi connectivity index (χ3n) is 3.64. The summed E-state index contributed by atoms with van der Waals surface area (Å²) in [7, 11) is 0. The van der Waals surface area contributed by atoms with Crippen molar-refractivity contribution in [3.05, 3.63) is 41.7 Å². The van der Waals surface area contributed by atoms with Crippen LogP contribution in [0.5, 0.6) is 0 Å². The molecule has 118 valence electrons. The highest BCUT2D eigenvalue weighted by Gasteiger charge is 2.27. The number of amides is 1. The fraction of sp³-hybridized carbons (Fsp3) is 0.474. The van der Waals surface area contributed by atoms with Crippen LogP contribution in [0.15, 0.2) is 30.5 Å². The summed E-state index contributed by atoms with van der Waals surface area (Å²) < 4.78 is 0. The average molecular weight is 298 g/mol. The van der Waals surface area contributed by atoms with Crippen molar-refractivity contribution < 1.29 is 4.79 Å². The Morgan fingerprint density at radius 3 is 2.50 bits per heavy atom. The lowest BCUT2D eigenvalue weighted by Crippen LogP contribution is -2.46. The molecule has 0 aliphatic rings. The zero-order valence-electron chi connectivity index (χ0n) is 14.4. The van der Waals surface area contributed by atoms with Crippen LogP contribution in [0.2, 0.25) is 0 Å². The molecule has 0 atom stereocenters. The fourth-order valence-electron chi connectivity index (χ4n) is 3.19. The molecular formula is C19H26N2O. The number of carbonyl (C=O) groups excluding carboxylic acids is 1. The highest BCUT2D eigenvalue weighted by molar-refractivity contribution is 5.97. The van der Waals surface area contributed by atoms with Crippen LogP contribution < -0.4 is 5.32 Å². The number of carbonyl (C=O) groups is 1. The molecule has 0 radical (unpaired) electrons. The topological polar surface area (TPSA) is 42.0 Å². The predicted molar refractivity (Wildman–Crippen MR) is 92.1 cm³/mol. The number of hydrogen-bond donors (Lipinski definition) is 1. The van der Waals surface area contributed by atoms with Gasteiger partial charge in [0.25, 0.3) is 5.91 Å². The summed E-state index contributed by atoms with van der Waals surface area (Å²) in [5.74, 6) is -0.113. The first-order chi connectivity index (χ1) is 10.1. The van der Waals surface area contributed by atoms with E-state index in [4.69, 9.17) is 0 Å². The van der Waals surface area contributed by atoms with E-state index in [-0.39, 0.29) is 16.9 Å². The molecule has 1 aromatic carbocycles. The Hall–Kier alpha value is -1.90. The summed E-state index contributed by atoms with van der Waals surface area (Å²) in [6, 6.07) is 7.94. The Kier molecular flexibility index (Phi) is 4.28. The van der Waals surface area contributed by atoms with Crippen molar-refractivity contribution in [2.24, 2.45) is 5.41 Å². The van der Waals surface area contributed by atoms with Crippen molar-refractivity contribution in [3.63, 3.8) is 0 Å². The lowest BCUT2D eigenvalue weighted by atomic mass is 9.82. The van der Waals surface area contributed by atoms with Gasteiger partial charge in [0, 0.05) is 17.1 Å². The lowest BCUT2D eigenvalue weighted by Gasteiger charge is -2.33. The van der Waals surface area contributed by atoms with Crippen LogP contribution in [0.3, 0.4) is 0 Å². The molecule has 2 rings (SSSR count). The normalized spacial score (nSPS) is 12.5. The maximum atomic E-state index is 12.5. The van der Waals surface area contributed by atoms with Gasteiger partial charge in [0.1, 0.15) is 5.69 Å². The van der Waals surface area contributed by atoms with Crippen molar-refractivity contribution >= 4 is 16.7 Å². The minimum atomic E-state index is -0.265. The van der Waals surface area contributed by atoms with Crippen molar-refractivity contribution in [1.82, 2.24) is 10.3 Å². The number of nitrogens with one attached hydrogen (secondary N) is 1. The molecule has 0 fully saturated rings. The molecule has 0 aliphatic carbocycles. The molecule has 0 unspecified atom stereocenters. The first-order valence-corrected chi connectivity index (χ1v) is 7.75. The van der Waals surface area contributed by atoms with Crippen molar-refractivity contribution in [1.29, 1.82) is 0 Å². The summed E-state index contributed by atoms with van der Waals surface area (Å²) in [5, 5.41) is 5.25. The largest absolute Gasteiger partial charge is 0.346 e. The SMILES string of the molecule is Cc1cccc2cc(C(=O)NC(C)(C)CC(C)(C)C)ncc12. The maximum Gasteiger partial charge on any atom is 0.270 e. The molecule has 1 N–H and O–H groups in total. The van der Waals surface area contributed by atoms with Crippen LogP contribution in [-0.2, 0) is 0 Å². The van der Waals surface area contributed by atoms with E-state index < -0.39 is 0 Å². The molecule has 0 aliphatic heterocycles. The molecule has 1 amide bonds. The van der Waals surface area contributed by atoms with Gasteiger partial charge >= 0.3 is 0 Å². The molecular weight excluding hydrogens is 272 g/mol. The zero-order valence-corrected chi connectivity index (χ0v) is 14.4. The van der Waals surface area contributed by atoms with Gasteiger partial charge in [0.15, 0.2) is 0 Å². The first kappa shape index (κ1) is 16.5. The zero-order chi connectivity index (χ0) is 16.5. The van der Waals surface area contributed by atoms with Gasteiger partial charge < -0.3 is 5.32 Å². The van der Waals surface area contributed by atoms with Gasteiger partial charge in [-0.25, -0.2) is 0 Å². The highest BCUT2D eigenvalue weighted by Crippen LogP contribution is 2.27. The smallest absolute Gasteiger partial charge is 0.270 e. The Balaban J connectivity index is 2.23. The summed E-state index contributed by atoms with van der Waals surface area (Å²) >= 11 is 0. The Morgan fingerprint density at radius 2 is 1.86 bits per heavy atom. The monoisotopic (exact) mass is 298 g/mol. The number of hydrogen-bond acceptors (Lipinski definition) is 2. The summed E-state index contributed by atoms with van der Waals surface area (Å²) in [4.78, 5) is 16.8. The number of pyridine rings is 1. The molecule has 0 saturated heterocycles. The van der Waals surface area contributed by atoms with Crippen LogP contribution in [0.1, 0.15) is 57.1 Å². The lowest BCUT2D eigenvalue weighted by molar-refractivity contribution is 0.0886. The summed E-state index contributed by atoms with van der Waals surface area (Å²) in [5.41, 5.74) is 1.54. The molecule has 1 heterocycles. The minimum Gasteiger partial charge on any atom is -0.346 e. The number of nitrogens with zero attached hydrogens (tertiary/aromatic N) is 1. The molecule has 22 heavy (non-hydrogen) atoms. The van der Waals surface area contributed by atoms with E-state index in [2.05, 4.69) is 57.9 Å². The Morgan fingerprint density at radius 1 is 1.18 bits per heavy atom. The molecule has 0 bridgehead atoms. The van der Waals surface area contributed by atoms with Crippen LogP contribution in [0.25, 0.3) is 10.8 Å². The molecule has 3 nitrogen and oxygen atoms in total. The van der Waals surface area contributed by atoms with E-state index in [1.165, 1.54) is 5.56 Å².